The molecule has 0 bridgehead atoms. The molecule has 6 heteroatoms. The number of para-hydroxylation sites is 1. The number of unbranched alkanes of at least 4 members (excludes halogenated alkanes) is 1. The lowest BCUT2D eigenvalue weighted by molar-refractivity contribution is -0.124. The molecule has 1 rings (SSSR count). The summed E-state index contributed by atoms with van der Waals surface area (Å²) in [6, 6.07) is 6.24. The molecule has 2 amide bonds. The number of benzene rings is 1. The van der Waals surface area contributed by atoms with Gasteiger partial charge < -0.3 is 21.1 Å². The van der Waals surface area contributed by atoms with E-state index < -0.39 is 6.04 Å². The Labute approximate surface area is 150 Å². The maximum Gasteiger partial charge on any atom is 0.255 e. The summed E-state index contributed by atoms with van der Waals surface area (Å²) in [6.45, 7) is 6.28. The fourth-order valence-electron chi connectivity index (χ4n) is 2.58. The van der Waals surface area contributed by atoms with Crippen LogP contribution in [0.4, 0.5) is 0 Å². The molecule has 6 nitrogen and oxygen atoms in total. The molecule has 1 aromatic carbocycles. The first-order valence-corrected chi connectivity index (χ1v) is 8.88. The number of hydrogen-bond acceptors (Lipinski definition) is 4. The maximum absolute atomic E-state index is 12.6. The minimum atomic E-state index is -0.631. The average molecular weight is 349 g/mol. The summed E-state index contributed by atoms with van der Waals surface area (Å²) in [6.07, 6.45) is 2.89. The lowest BCUT2D eigenvalue weighted by Crippen LogP contribution is -2.53. The second-order valence-corrected chi connectivity index (χ2v) is 6.48. The highest BCUT2D eigenvalue weighted by Gasteiger charge is 2.27. The van der Waals surface area contributed by atoms with Crippen molar-refractivity contribution in [1.82, 2.24) is 10.6 Å². The number of ether oxygens (including phenoxy) is 1. The first kappa shape index (κ1) is 21.0. The largest absolute Gasteiger partial charge is 0.496 e. The van der Waals surface area contributed by atoms with Gasteiger partial charge in [-0.05, 0) is 24.5 Å². The Hall–Kier alpha value is -2.08. The first-order valence-electron chi connectivity index (χ1n) is 8.88. The Morgan fingerprint density at radius 1 is 1.20 bits per heavy atom. The van der Waals surface area contributed by atoms with Crippen LogP contribution in [-0.2, 0) is 4.79 Å². The van der Waals surface area contributed by atoms with E-state index in [0.717, 1.165) is 19.3 Å². The maximum atomic E-state index is 12.6. The van der Waals surface area contributed by atoms with Gasteiger partial charge in [0.25, 0.3) is 5.91 Å². The Morgan fingerprint density at radius 2 is 1.88 bits per heavy atom. The van der Waals surface area contributed by atoms with Crippen LogP contribution in [-0.4, -0.2) is 37.6 Å². The molecule has 1 aromatic rings. The predicted molar refractivity (Wildman–Crippen MR) is 99.6 cm³/mol. The Bertz CT molecular complexity index is 561. The zero-order valence-corrected chi connectivity index (χ0v) is 15.7. The van der Waals surface area contributed by atoms with E-state index in [1.807, 2.05) is 13.8 Å². The monoisotopic (exact) mass is 349 g/mol. The van der Waals surface area contributed by atoms with Crippen molar-refractivity contribution >= 4 is 11.8 Å². The number of amides is 2. The molecule has 0 saturated heterocycles. The summed E-state index contributed by atoms with van der Waals surface area (Å²) in [5.41, 5.74) is 6.16. The zero-order chi connectivity index (χ0) is 18.8. The molecule has 140 valence electrons. The van der Waals surface area contributed by atoms with Gasteiger partial charge in [0.05, 0.1) is 12.7 Å². The summed E-state index contributed by atoms with van der Waals surface area (Å²) in [5, 5.41) is 5.78. The van der Waals surface area contributed by atoms with Gasteiger partial charge >= 0.3 is 0 Å². The van der Waals surface area contributed by atoms with Gasteiger partial charge in [-0.2, -0.15) is 0 Å². The number of methoxy groups -OCH3 is 1. The van der Waals surface area contributed by atoms with E-state index in [2.05, 4.69) is 17.6 Å². The molecule has 0 aromatic heterocycles. The van der Waals surface area contributed by atoms with E-state index in [9.17, 15) is 9.59 Å². The van der Waals surface area contributed by atoms with Gasteiger partial charge in [-0.25, -0.2) is 0 Å². The molecule has 0 aliphatic rings. The molecule has 4 N–H and O–H groups in total. The van der Waals surface area contributed by atoms with Crippen molar-refractivity contribution in [3.8, 4) is 5.75 Å². The van der Waals surface area contributed by atoms with Crippen molar-refractivity contribution in [2.75, 3.05) is 13.7 Å². The highest BCUT2D eigenvalue weighted by molar-refractivity contribution is 5.99. The first-order chi connectivity index (χ1) is 11.9. The number of hydrogen-bond donors (Lipinski definition) is 3. The van der Waals surface area contributed by atoms with Crippen LogP contribution in [0.15, 0.2) is 24.3 Å². The summed E-state index contributed by atoms with van der Waals surface area (Å²) in [7, 11) is 1.51. The van der Waals surface area contributed by atoms with Crippen LogP contribution in [0.3, 0.4) is 0 Å². The lowest BCUT2D eigenvalue weighted by atomic mass is 10.0. The van der Waals surface area contributed by atoms with Crippen LogP contribution in [0.25, 0.3) is 0 Å². The van der Waals surface area contributed by atoms with Crippen LogP contribution in [0.2, 0.25) is 0 Å². The summed E-state index contributed by atoms with van der Waals surface area (Å²) >= 11 is 0. The van der Waals surface area contributed by atoms with Crippen LogP contribution in [0.1, 0.15) is 50.4 Å². The fraction of sp³-hybridized carbons (Fsp3) is 0.579. The standard InChI is InChI=1S/C19H31N3O3/c1-5-6-9-14(12-20)21-19(24)17(13(2)3)22-18(23)15-10-7-8-11-16(15)25-4/h7-8,10-11,13-14,17H,5-6,9,12,20H2,1-4H3,(H,21,24)(H,22,23). The van der Waals surface area contributed by atoms with Gasteiger partial charge in [0.15, 0.2) is 0 Å². The minimum absolute atomic E-state index is 0.0525. The van der Waals surface area contributed by atoms with E-state index in [1.54, 1.807) is 24.3 Å². The number of nitrogens with one attached hydrogen (secondary N) is 2. The molecule has 0 radical (unpaired) electrons. The second-order valence-electron chi connectivity index (χ2n) is 6.48. The van der Waals surface area contributed by atoms with Crippen LogP contribution < -0.4 is 21.1 Å². The van der Waals surface area contributed by atoms with Crippen LogP contribution in [0.5, 0.6) is 5.75 Å². The predicted octanol–water partition coefficient (Wildman–Crippen LogP) is 2.08. The molecule has 0 aliphatic heterocycles. The molecule has 2 atom stereocenters. The smallest absolute Gasteiger partial charge is 0.255 e. The van der Waals surface area contributed by atoms with Gasteiger partial charge in [0.1, 0.15) is 11.8 Å². The number of rotatable bonds is 10. The summed E-state index contributed by atoms with van der Waals surface area (Å²) in [5.74, 6) is -0.108. The molecular weight excluding hydrogens is 318 g/mol. The molecule has 0 heterocycles. The second kappa shape index (κ2) is 10.7. The molecule has 0 spiro atoms. The SMILES string of the molecule is CCCCC(CN)NC(=O)C(NC(=O)c1ccccc1OC)C(C)C. The van der Waals surface area contributed by atoms with Gasteiger partial charge in [0.2, 0.25) is 5.91 Å². The van der Waals surface area contributed by atoms with E-state index in [4.69, 9.17) is 10.5 Å². The van der Waals surface area contributed by atoms with Crippen molar-refractivity contribution < 1.29 is 14.3 Å². The Morgan fingerprint density at radius 3 is 2.44 bits per heavy atom. The molecule has 0 saturated carbocycles. The van der Waals surface area contributed by atoms with Crippen molar-refractivity contribution in [2.24, 2.45) is 11.7 Å². The van der Waals surface area contributed by atoms with Gasteiger partial charge in [-0.15, -0.1) is 0 Å². The summed E-state index contributed by atoms with van der Waals surface area (Å²) in [4.78, 5) is 25.2. The fourth-order valence-corrected chi connectivity index (χ4v) is 2.58. The lowest BCUT2D eigenvalue weighted by Gasteiger charge is -2.25. The third-order valence-corrected chi connectivity index (χ3v) is 4.12. The third kappa shape index (κ3) is 6.38. The number of carbonyl (C=O) groups excluding carboxylic acids is 2. The van der Waals surface area contributed by atoms with Crippen LogP contribution >= 0.6 is 0 Å². The molecule has 25 heavy (non-hydrogen) atoms. The Balaban J connectivity index is 2.82. The zero-order valence-electron chi connectivity index (χ0n) is 15.7. The minimum Gasteiger partial charge on any atom is -0.496 e. The molecule has 2 unspecified atom stereocenters. The quantitative estimate of drug-likeness (QED) is 0.603. The molecule has 0 aliphatic carbocycles. The van der Waals surface area contributed by atoms with Gasteiger partial charge in [0, 0.05) is 12.6 Å². The van der Waals surface area contributed by atoms with Crippen molar-refractivity contribution in [1.29, 1.82) is 0 Å². The number of nitrogens with two attached hydrogens (primary N) is 1. The number of carbonyl (C=O) groups is 2. The summed E-state index contributed by atoms with van der Waals surface area (Å²) < 4.78 is 5.22. The molecular formula is C19H31N3O3. The average Bonchev–Trinajstić information content (AvgIpc) is 2.62. The van der Waals surface area contributed by atoms with E-state index in [-0.39, 0.29) is 23.8 Å². The molecule has 0 fully saturated rings. The topological polar surface area (TPSA) is 93.5 Å². The van der Waals surface area contributed by atoms with E-state index >= 15 is 0 Å². The van der Waals surface area contributed by atoms with Gasteiger partial charge in [-0.1, -0.05) is 45.7 Å². The highest BCUT2D eigenvalue weighted by Crippen LogP contribution is 2.17. The third-order valence-electron chi connectivity index (χ3n) is 4.12. The normalized spacial score (nSPS) is 13.2. The van der Waals surface area contributed by atoms with Crippen molar-refractivity contribution in [3.63, 3.8) is 0 Å². The van der Waals surface area contributed by atoms with E-state index in [1.165, 1.54) is 7.11 Å². The van der Waals surface area contributed by atoms with Crippen molar-refractivity contribution in [3.05, 3.63) is 29.8 Å². The highest BCUT2D eigenvalue weighted by atomic mass is 16.5. The van der Waals surface area contributed by atoms with Crippen molar-refractivity contribution in [2.45, 2.75) is 52.1 Å². The van der Waals surface area contributed by atoms with Crippen LogP contribution in [0, 0.1) is 5.92 Å². The Kier molecular flexibility index (Phi) is 8.99. The van der Waals surface area contributed by atoms with E-state index in [0.29, 0.717) is 17.9 Å². The van der Waals surface area contributed by atoms with Gasteiger partial charge in [-0.3, -0.25) is 9.59 Å².